The molecule has 3 heteroatoms. The van der Waals surface area contributed by atoms with E-state index in [-0.39, 0.29) is 11.1 Å². The predicted octanol–water partition coefficient (Wildman–Crippen LogP) is 4.94. The number of rotatable bonds is 9. The third-order valence-corrected chi connectivity index (χ3v) is 8.54. The van der Waals surface area contributed by atoms with Gasteiger partial charge in [0.2, 0.25) is 0 Å². The number of hydrogen-bond donors (Lipinski definition) is 0. The zero-order chi connectivity index (χ0) is 14.2. The molecule has 0 amide bonds. The van der Waals surface area contributed by atoms with Crippen LogP contribution in [0.2, 0.25) is 18.1 Å². The maximum Gasteiger partial charge on any atom is 0.192 e. The Morgan fingerprint density at radius 1 is 1.17 bits per heavy atom. The summed E-state index contributed by atoms with van der Waals surface area (Å²) in [4.78, 5) is 10.8. The van der Waals surface area contributed by atoms with Crippen molar-refractivity contribution in [3.63, 3.8) is 0 Å². The lowest BCUT2D eigenvalue weighted by Gasteiger charge is -2.39. The quantitative estimate of drug-likeness (QED) is 0.338. The van der Waals surface area contributed by atoms with Crippen LogP contribution in [0, 0.1) is 0 Å². The van der Waals surface area contributed by atoms with E-state index in [9.17, 15) is 4.79 Å². The highest BCUT2D eigenvalue weighted by atomic mass is 28.4. The minimum Gasteiger partial charge on any atom is -0.414 e. The summed E-state index contributed by atoms with van der Waals surface area (Å²) in [6, 6.07) is 0. The van der Waals surface area contributed by atoms with Gasteiger partial charge in [-0.3, -0.25) is 0 Å². The highest BCUT2D eigenvalue weighted by Gasteiger charge is 2.38. The van der Waals surface area contributed by atoms with Crippen LogP contribution < -0.4 is 0 Å². The first kappa shape index (κ1) is 17.8. The maximum absolute atomic E-state index is 10.8. The van der Waals surface area contributed by atoms with E-state index in [2.05, 4.69) is 40.8 Å². The maximum atomic E-state index is 10.8. The van der Waals surface area contributed by atoms with Crippen LogP contribution in [-0.4, -0.2) is 20.7 Å². The summed E-state index contributed by atoms with van der Waals surface area (Å²) in [6.45, 7) is 13.5. The normalized spacial score (nSPS) is 14.6. The fourth-order valence-corrected chi connectivity index (χ4v) is 3.13. The first-order valence-electron chi connectivity index (χ1n) is 7.36. The third kappa shape index (κ3) is 6.69. The molecule has 0 N–H and O–H groups in total. The van der Waals surface area contributed by atoms with Gasteiger partial charge in [0.1, 0.15) is 6.29 Å². The van der Waals surface area contributed by atoms with Gasteiger partial charge in [0.05, 0.1) is 6.10 Å². The SMILES string of the molecule is CCCCCCC(CC=O)O[Si](C)(C)C(C)(C)C. The van der Waals surface area contributed by atoms with E-state index in [4.69, 9.17) is 4.43 Å². The summed E-state index contributed by atoms with van der Waals surface area (Å²) in [5.41, 5.74) is 0. The molecule has 0 aromatic heterocycles. The Morgan fingerprint density at radius 3 is 2.22 bits per heavy atom. The van der Waals surface area contributed by atoms with Gasteiger partial charge >= 0.3 is 0 Å². The molecular formula is C15H32O2Si. The second-order valence-electron chi connectivity index (χ2n) is 6.75. The van der Waals surface area contributed by atoms with Crippen LogP contribution in [0.3, 0.4) is 0 Å². The Bertz CT molecular complexity index is 231. The molecule has 0 radical (unpaired) electrons. The zero-order valence-electron chi connectivity index (χ0n) is 13.2. The van der Waals surface area contributed by atoms with Crippen LogP contribution in [0.4, 0.5) is 0 Å². The number of carbonyl (C=O) groups excluding carboxylic acids is 1. The summed E-state index contributed by atoms with van der Waals surface area (Å²) in [5.74, 6) is 0. The molecule has 0 aliphatic rings. The smallest absolute Gasteiger partial charge is 0.192 e. The largest absolute Gasteiger partial charge is 0.414 e. The highest BCUT2D eigenvalue weighted by Crippen LogP contribution is 2.38. The van der Waals surface area contributed by atoms with Crippen LogP contribution in [-0.2, 0) is 9.22 Å². The molecule has 2 nitrogen and oxygen atoms in total. The van der Waals surface area contributed by atoms with Crippen molar-refractivity contribution in [2.45, 2.75) is 90.5 Å². The van der Waals surface area contributed by atoms with Gasteiger partial charge < -0.3 is 9.22 Å². The van der Waals surface area contributed by atoms with E-state index in [0.29, 0.717) is 6.42 Å². The fraction of sp³-hybridized carbons (Fsp3) is 0.933. The van der Waals surface area contributed by atoms with Crippen LogP contribution in [0.25, 0.3) is 0 Å². The molecular weight excluding hydrogens is 240 g/mol. The van der Waals surface area contributed by atoms with Crippen molar-refractivity contribution >= 4 is 14.6 Å². The zero-order valence-corrected chi connectivity index (χ0v) is 14.2. The van der Waals surface area contributed by atoms with Crippen molar-refractivity contribution in [1.29, 1.82) is 0 Å². The average molecular weight is 273 g/mol. The Morgan fingerprint density at radius 2 is 1.78 bits per heavy atom. The topological polar surface area (TPSA) is 26.3 Å². The van der Waals surface area contributed by atoms with Gasteiger partial charge in [0.25, 0.3) is 0 Å². The molecule has 108 valence electrons. The number of aldehydes is 1. The molecule has 0 saturated heterocycles. The van der Waals surface area contributed by atoms with Crippen molar-refractivity contribution in [1.82, 2.24) is 0 Å². The highest BCUT2D eigenvalue weighted by molar-refractivity contribution is 6.74. The third-order valence-electron chi connectivity index (χ3n) is 4.01. The molecule has 0 aromatic rings. The number of unbranched alkanes of at least 4 members (excludes halogenated alkanes) is 3. The van der Waals surface area contributed by atoms with Crippen molar-refractivity contribution in [2.24, 2.45) is 0 Å². The molecule has 0 aliphatic heterocycles. The molecule has 1 unspecified atom stereocenters. The lowest BCUT2D eigenvalue weighted by atomic mass is 10.1. The van der Waals surface area contributed by atoms with E-state index >= 15 is 0 Å². The minimum atomic E-state index is -1.73. The van der Waals surface area contributed by atoms with Crippen LogP contribution in [0.15, 0.2) is 0 Å². The van der Waals surface area contributed by atoms with Crippen molar-refractivity contribution in [3.8, 4) is 0 Å². The van der Waals surface area contributed by atoms with Crippen molar-refractivity contribution in [2.75, 3.05) is 0 Å². The molecule has 0 saturated carbocycles. The Kier molecular flexibility index (Phi) is 8.04. The second kappa shape index (κ2) is 8.11. The van der Waals surface area contributed by atoms with Crippen molar-refractivity contribution in [3.05, 3.63) is 0 Å². The van der Waals surface area contributed by atoms with E-state index in [1.807, 2.05) is 0 Å². The van der Waals surface area contributed by atoms with Gasteiger partial charge in [-0.05, 0) is 24.6 Å². The van der Waals surface area contributed by atoms with Gasteiger partial charge in [-0.2, -0.15) is 0 Å². The monoisotopic (exact) mass is 272 g/mol. The second-order valence-corrected chi connectivity index (χ2v) is 11.5. The molecule has 0 aromatic carbocycles. The molecule has 18 heavy (non-hydrogen) atoms. The lowest BCUT2D eigenvalue weighted by molar-refractivity contribution is -0.109. The average Bonchev–Trinajstić information content (AvgIpc) is 2.22. The van der Waals surface area contributed by atoms with Crippen molar-refractivity contribution < 1.29 is 9.22 Å². The van der Waals surface area contributed by atoms with Gasteiger partial charge in [-0.25, -0.2) is 0 Å². The summed E-state index contributed by atoms with van der Waals surface area (Å²) >= 11 is 0. The molecule has 0 rings (SSSR count). The van der Waals surface area contributed by atoms with E-state index < -0.39 is 8.32 Å². The molecule has 0 aliphatic carbocycles. The van der Waals surface area contributed by atoms with E-state index in [1.54, 1.807) is 0 Å². The van der Waals surface area contributed by atoms with Crippen LogP contribution in [0.1, 0.15) is 66.2 Å². The van der Waals surface area contributed by atoms with Crippen LogP contribution in [0.5, 0.6) is 0 Å². The standard InChI is InChI=1S/C15H32O2Si/c1-7-8-9-10-11-14(12-13-16)17-18(5,6)15(2,3)4/h13-14H,7-12H2,1-6H3. The van der Waals surface area contributed by atoms with Gasteiger partial charge in [0, 0.05) is 6.42 Å². The Hall–Kier alpha value is -0.153. The molecule has 0 spiro atoms. The lowest BCUT2D eigenvalue weighted by Crippen LogP contribution is -2.44. The van der Waals surface area contributed by atoms with Crippen LogP contribution >= 0.6 is 0 Å². The predicted molar refractivity (Wildman–Crippen MR) is 81.5 cm³/mol. The summed E-state index contributed by atoms with van der Waals surface area (Å²) in [5, 5.41) is 0.220. The van der Waals surface area contributed by atoms with Gasteiger partial charge in [-0.15, -0.1) is 0 Å². The first-order valence-corrected chi connectivity index (χ1v) is 10.3. The first-order chi connectivity index (χ1) is 8.24. The minimum absolute atomic E-state index is 0.139. The molecule has 0 heterocycles. The molecule has 0 bridgehead atoms. The summed E-state index contributed by atoms with van der Waals surface area (Å²) in [6.07, 6.45) is 7.71. The Labute approximate surface area is 115 Å². The molecule has 1 atom stereocenters. The Balaban J connectivity index is 4.30. The number of hydrogen-bond acceptors (Lipinski definition) is 2. The number of carbonyl (C=O) groups is 1. The summed E-state index contributed by atoms with van der Waals surface area (Å²) in [7, 11) is -1.73. The van der Waals surface area contributed by atoms with Gasteiger partial charge in [-0.1, -0.05) is 53.4 Å². The molecule has 0 fully saturated rings. The van der Waals surface area contributed by atoms with E-state index in [0.717, 1.165) is 12.7 Å². The van der Waals surface area contributed by atoms with Gasteiger partial charge in [0.15, 0.2) is 8.32 Å². The van der Waals surface area contributed by atoms with E-state index in [1.165, 1.54) is 25.7 Å². The summed E-state index contributed by atoms with van der Waals surface area (Å²) < 4.78 is 6.33. The fourth-order valence-electron chi connectivity index (χ4n) is 1.72.